The molecule has 0 bridgehead atoms. The van der Waals surface area contributed by atoms with Crippen LogP contribution >= 0.6 is 24.8 Å². The molecule has 2 heterocycles. The summed E-state index contributed by atoms with van der Waals surface area (Å²) < 4.78 is 12.2. The summed E-state index contributed by atoms with van der Waals surface area (Å²) in [5.74, 6) is 1.59. The van der Waals surface area contributed by atoms with E-state index in [-0.39, 0.29) is 36.8 Å². The summed E-state index contributed by atoms with van der Waals surface area (Å²) in [6, 6.07) is 10.4. The summed E-state index contributed by atoms with van der Waals surface area (Å²) >= 11 is 0. The van der Waals surface area contributed by atoms with Crippen molar-refractivity contribution in [1.82, 2.24) is 15.1 Å². The van der Waals surface area contributed by atoms with Gasteiger partial charge in [0.1, 0.15) is 5.75 Å². The Morgan fingerprint density at radius 1 is 1.03 bits per heavy atom. The molecule has 2 aliphatic rings. The van der Waals surface area contributed by atoms with E-state index in [0.717, 1.165) is 67.6 Å². The first-order chi connectivity index (χ1) is 16.1. The summed E-state index contributed by atoms with van der Waals surface area (Å²) in [6.45, 7) is 4.32. The third-order valence-corrected chi connectivity index (χ3v) is 7.01. The second-order valence-corrected chi connectivity index (χ2v) is 9.74. The molecule has 8 heteroatoms. The summed E-state index contributed by atoms with van der Waals surface area (Å²) in [7, 11) is 2.04. The van der Waals surface area contributed by atoms with Crippen LogP contribution in [-0.4, -0.2) is 59.2 Å². The smallest absolute Gasteiger partial charge is 0.234 e. The lowest BCUT2D eigenvalue weighted by atomic mass is 9.95. The highest BCUT2D eigenvalue weighted by atomic mass is 35.5. The second kappa shape index (κ2) is 14.8. The number of likely N-dealkylation sites (tertiary alicyclic amines) is 1. The largest absolute Gasteiger partial charge is 0.490 e. The maximum Gasteiger partial charge on any atom is 0.234 e. The van der Waals surface area contributed by atoms with Crippen LogP contribution in [0.2, 0.25) is 0 Å². The number of aryl methyl sites for hydroxylation is 1. The van der Waals surface area contributed by atoms with Gasteiger partial charge in [-0.3, -0.25) is 0 Å². The number of unbranched alkanes of at least 4 members (excludes halogenated alkanes) is 1. The number of aliphatic hydroxyl groups is 1. The van der Waals surface area contributed by atoms with Gasteiger partial charge in [-0.2, -0.15) is 5.10 Å². The van der Waals surface area contributed by atoms with Gasteiger partial charge in [-0.1, -0.05) is 31.9 Å². The van der Waals surface area contributed by atoms with Gasteiger partial charge in [0, 0.05) is 24.1 Å². The van der Waals surface area contributed by atoms with Crippen molar-refractivity contribution in [3.63, 3.8) is 0 Å². The van der Waals surface area contributed by atoms with Crippen molar-refractivity contribution in [2.45, 2.75) is 76.9 Å². The Balaban J connectivity index is 0.00000216. The topological polar surface area (TPSA) is 67.7 Å². The zero-order chi connectivity index (χ0) is 23.0. The highest BCUT2D eigenvalue weighted by molar-refractivity contribution is 5.85. The third kappa shape index (κ3) is 8.49. The van der Waals surface area contributed by atoms with E-state index in [2.05, 4.69) is 46.3 Å². The van der Waals surface area contributed by atoms with Crippen LogP contribution < -0.4 is 9.47 Å². The Bertz CT molecular complexity index is 878. The number of likely N-dealkylation sites (N-methyl/N-ethyl adjacent to an activating group) is 1. The van der Waals surface area contributed by atoms with Crippen molar-refractivity contribution < 1.29 is 14.6 Å². The Morgan fingerprint density at radius 2 is 1.77 bits per heavy atom. The van der Waals surface area contributed by atoms with E-state index in [4.69, 9.17) is 9.47 Å². The Kier molecular flexibility index (Phi) is 12.6. The number of nitrogens with zero attached hydrogens (tertiary/aromatic N) is 3. The fourth-order valence-corrected chi connectivity index (χ4v) is 4.86. The van der Waals surface area contributed by atoms with Gasteiger partial charge in [-0.25, -0.2) is 0 Å². The summed E-state index contributed by atoms with van der Waals surface area (Å²) in [5, 5.41) is 19.2. The molecule has 6 nitrogen and oxygen atoms in total. The normalized spacial score (nSPS) is 21.0. The molecule has 0 unspecified atom stereocenters. The molecule has 1 N–H and O–H groups in total. The molecule has 1 saturated heterocycles. The summed E-state index contributed by atoms with van der Waals surface area (Å²) in [4.78, 5) is 2.16. The summed E-state index contributed by atoms with van der Waals surface area (Å²) in [6.07, 6.45) is 10.2. The maximum absolute atomic E-state index is 10.4. The number of benzene rings is 1. The van der Waals surface area contributed by atoms with E-state index in [1.54, 1.807) is 0 Å². The van der Waals surface area contributed by atoms with E-state index in [1.807, 2.05) is 13.1 Å². The third-order valence-electron chi connectivity index (χ3n) is 7.01. The average molecular weight is 527 g/mol. The first-order valence-corrected chi connectivity index (χ1v) is 12.8. The average Bonchev–Trinajstić information content (AvgIpc) is 2.84. The van der Waals surface area contributed by atoms with Gasteiger partial charge >= 0.3 is 0 Å². The quantitative estimate of drug-likeness (QED) is 0.450. The molecule has 196 valence electrons. The van der Waals surface area contributed by atoms with Crippen LogP contribution in [0.25, 0.3) is 11.1 Å². The van der Waals surface area contributed by atoms with Gasteiger partial charge in [-0.15, -0.1) is 29.9 Å². The summed E-state index contributed by atoms with van der Waals surface area (Å²) in [5.41, 5.74) is 3.18. The van der Waals surface area contributed by atoms with Crippen LogP contribution in [0.1, 0.15) is 64.0 Å². The first-order valence-electron chi connectivity index (χ1n) is 12.8. The maximum atomic E-state index is 10.4. The lowest BCUT2D eigenvalue weighted by molar-refractivity contribution is 0.0107. The molecule has 2 aromatic rings. The number of ether oxygens (including phenoxy) is 2. The van der Waals surface area contributed by atoms with Crippen LogP contribution in [0.5, 0.6) is 11.6 Å². The number of hydrogen-bond donors (Lipinski definition) is 1. The van der Waals surface area contributed by atoms with Gasteiger partial charge in [0.05, 0.1) is 24.5 Å². The van der Waals surface area contributed by atoms with Crippen LogP contribution in [0.15, 0.2) is 30.3 Å². The Hall–Kier alpha value is -1.60. The fourth-order valence-electron chi connectivity index (χ4n) is 4.86. The molecule has 1 aromatic carbocycles. The van der Waals surface area contributed by atoms with Crippen LogP contribution in [0, 0.1) is 5.92 Å². The zero-order valence-corrected chi connectivity index (χ0v) is 22.7. The fraction of sp³-hybridized carbons (Fsp3) is 0.630. The molecule has 2 atom stereocenters. The molecule has 1 aliphatic heterocycles. The molecule has 1 aromatic heterocycles. The van der Waals surface area contributed by atoms with Crippen molar-refractivity contribution in [3.8, 4) is 22.8 Å². The molecular formula is C27H41Cl2N3O3. The van der Waals surface area contributed by atoms with Crippen molar-refractivity contribution in [2.24, 2.45) is 5.92 Å². The molecule has 2 fully saturated rings. The molecule has 4 rings (SSSR count). The Labute approximate surface area is 222 Å². The van der Waals surface area contributed by atoms with Crippen LogP contribution in [0.3, 0.4) is 0 Å². The van der Waals surface area contributed by atoms with Gasteiger partial charge in [0.2, 0.25) is 5.88 Å². The first kappa shape index (κ1) is 29.6. The SMILES string of the molecule is CCCCc1nnc(OC[C@H]2CCN(C)C[C@@H]2O)cc1-c1ccc(OC2CCCCC2)cc1.Cl.Cl. The minimum absolute atomic E-state index is 0. The highest BCUT2D eigenvalue weighted by Gasteiger charge is 2.26. The Morgan fingerprint density at radius 3 is 2.46 bits per heavy atom. The van der Waals surface area contributed by atoms with E-state index in [0.29, 0.717) is 25.1 Å². The molecule has 1 saturated carbocycles. The minimum atomic E-state index is -0.364. The van der Waals surface area contributed by atoms with Crippen molar-refractivity contribution in [3.05, 3.63) is 36.0 Å². The predicted molar refractivity (Wildman–Crippen MR) is 145 cm³/mol. The van der Waals surface area contributed by atoms with E-state index in [1.165, 1.54) is 19.3 Å². The van der Waals surface area contributed by atoms with Crippen molar-refractivity contribution in [1.29, 1.82) is 0 Å². The van der Waals surface area contributed by atoms with Crippen LogP contribution in [-0.2, 0) is 6.42 Å². The van der Waals surface area contributed by atoms with Gasteiger partial charge in [0.25, 0.3) is 0 Å². The number of β-amino-alcohol motifs (C(OH)–C–C–N with tert-alkyl or cyclic N) is 1. The lowest BCUT2D eigenvalue weighted by Gasteiger charge is -2.33. The molecule has 0 spiro atoms. The molecular weight excluding hydrogens is 485 g/mol. The minimum Gasteiger partial charge on any atom is -0.490 e. The molecule has 35 heavy (non-hydrogen) atoms. The van der Waals surface area contributed by atoms with E-state index < -0.39 is 0 Å². The van der Waals surface area contributed by atoms with E-state index >= 15 is 0 Å². The lowest BCUT2D eigenvalue weighted by Crippen LogP contribution is -2.43. The number of aliphatic hydroxyl groups excluding tert-OH is 1. The van der Waals surface area contributed by atoms with Gasteiger partial charge in [0.15, 0.2) is 0 Å². The van der Waals surface area contributed by atoms with E-state index in [9.17, 15) is 5.11 Å². The molecule has 0 radical (unpaired) electrons. The zero-order valence-electron chi connectivity index (χ0n) is 21.0. The number of halogens is 2. The number of hydrogen-bond acceptors (Lipinski definition) is 6. The molecule has 1 aliphatic carbocycles. The van der Waals surface area contributed by atoms with Crippen molar-refractivity contribution >= 4 is 24.8 Å². The standard InChI is InChI=1S/C27H39N3O3.2ClH/c1-3-4-10-25-24(20-11-13-23(14-12-20)33-22-8-6-5-7-9-22)17-27(29-28-25)32-19-21-15-16-30(2)18-26(21)31;;/h11-14,17,21-22,26,31H,3-10,15-16,18-19H2,1-2H3;2*1H/t21-,26+;;/m1../s1. The number of piperidine rings is 1. The van der Waals surface area contributed by atoms with Crippen LogP contribution in [0.4, 0.5) is 0 Å². The monoisotopic (exact) mass is 525 g/mol. The number of rotatable bonds is 9. The van der Waals surface area contributed by atoms with Crippen molar-refractivity contribution in [2.75, 3.05) is 26.7 Å². The second-order valence-electron chi connectivity index (χ2n) is 9.74. The predicted octanol–water partition coefficient (Wildman–Crippen LogP) is 5.73. The van der Waals surface area contributed by atoms with Gasteiger partial charge in [-0.05, 0) is 76.2 Å². The highest BCUT2D eigenvalue weighted by Crippen LogP contribution is 2.30. The van der Waals surface area contributed by atoms with Gasteiger partial charge < -0.3 is 19.5 Å². The molecule has 0 amide bonds. The number of aromatic nitrogens is 2.